The van der Waals surface area contributed by atoms with Gasteiger partial charge in [0, 0.05) is 11.4 Å². The lowest BCUT2D eigenvalue weighted by Crippen LogP contribution is -2.30. The average molecular weight is 369 g/mol. The van der Waals surface area contributed by atoms with Gasteiger partial charge in [0.2, 0.25) is 0 Å². The molecular weight excluding hydrogens is 346 g/mol. The summed E-state index contributed by atoms with van der Waals surface area (Å²) < 4.78 is 5.24. The molecule has 142 valence electrons. The smallest absolute Gasteiger partial charge is 0.338 e. The molecule has 2 aromatic rings. The molecule has 0 aliphatic carbocycles. The molecular formula is C20H23N3O4. The number of nitrogens with two attached hydrogens (primary N) is 1. The number of esters is 1. The number of hydrogen-bond donors (Lipinski definition) is 3. The monoisotopic (exact) mass is 369 g/mol. The van der Waals surface area contributed by atoms with Crippen molar-refractivity contribution in [1.29, 1.82) is 0 Å². The van der Waals surface area contributed by atoms with Crippen LogP contribution in [0.25, 0.3) is 0 Å². The Morgan fingerprint density at radius 3 is 2.33 bits per heavy atom. The Hall–Kier alpha value is -3.35. The fourth-order valence-corrected chi connectivity index (χ4v) is 2.50. The topological polar surface area (TPSA) is 111 Å². The first-order chi connectivity index (χ1) is 12.8. The van der Waals surface area contributed by atoms with Crippen molar-refractivity contribution in [2.75, 3.05) is 10.6 Å². The summed E-state index contributed by atoms with van der Waals surface area (Å²) in [6.07, 6.45) is -0.995. The summed E-state index contributed by atoms with van der Waals surface area (Å²) >= 11 is 0. The van der Waals surface area contributed by atoms with Gasteiger partial charge in [0.1, 0.15) is 0 Å². The third-order valence-corrected chi connectivity index (χ3v) is 3.86. The molecule has 7 nitrogen and oxygen atoms in total. The highest BCUT2D eigenvalue weighted by atomic mass is 16.5. The lowest BCUT2D eigenvalue weighted by atomic mass is 10.0. The second-order valence-electron chi connectivity index (χ2n) is 6.35. The molecule has 0 aliphatic rings. The maximum absolute atomic E-state index is 12.4. The fourth-order valence-electron chi connectivity index (χ4n) is 2.50. The maximum Gasteiger partial charge on any atom is 0.338 e. The van der Waals surface area contributed by atoms with Gasteiger partial charge in [0.25, 0.3) is 5.91 Å². The lowest BCUT2D eigenvalue weighted by molar-refractivity contribution is -0.123. The molecule has 0 radical (unpaired) electrons. The van der Waals surface area contributed by atoms with E-state index in [9.17, 15) is 14.4 Å². The van der Waals surface area contributed by atoms with Crippen LogP contribution in [0.3, 0.4) is 0 Å². The van der Waals surface area contributed by atoms with Gasteiger partial charge in [-0.05, 0) is 42.7 Å². The van der Waals surface area contributed by atoms with Crippen LogP contribution in [0, 0.1) is 0 Å². The number of nitrogens with one attached hydrogen (secondary N) is 2. The van der Waals surface area contributed by atoms with Crippen LogP contribution in [0.1, 0.15) is 42.6 Å². The molecule has 2 aromatic carbocycles. The Morgan fingerprint density at radius 1 is 0.963 bits per heavy atom. The van der Waals surface area contributed by atoms with Gasteiger partial charge in [-0.15, -0.1) is 0 Å². The number of rotatable bonds is 6. The number of benzene rings is 2. The van der Waals surface area contributed by atoms with Crippen LogP contribution in [-0.2, 0) is 9.53 Å². The first kappa shape index (κ1) is 20.0. The Kier molecular flexibility index (Phi) is 6.54. The van der Waals surface area contributed by atoms with Crippen molar-refractivity contribution in [2.45, 2.75) is 32.8 Å². The number of ether oxygens (including phenoxy) is 1. The van der Waals surface area contributed by atoms with E-state index in [-0.39, 0.29) is 11.5 Å². The lowest BCUT2D eigenvalue weighted by Gasteiger charge is -2.17. The highest BCUT2D eigenvalue weighted by Crippen LogP contribution is 2.24. The zero-order chi connectivity index (χ0) is 20.0. The van der Waals surface area contributed by atoms with Crippen molar-refractivity contribution >= 4 is 29.3 Å². The molecule has 0 aliphatic heterocycles. The summed E-state index contributed by atoms with van der Waals surface area (Å²) in [4.78, 5) is 35.6. The molecule has 0 bridgehead atoms. The number of urea groups is 1. The van der Waals surface area contributed by atoms with E-state index < -0.39 is 24.0 Å². The van der Waals surface area contributed by atoms with Crippen LogP contribution in [0.5, 0.6) is 0 Å². The van der Waals surface area contributed by atoms with Crippen LogP contribution >= 0.6 is 0 Å². The van der Waals surface area contributed by atoms with E-state index in [0.717, 1.165) is 5.56 Å². The Labute approximate surface area is 157 Å². The average Bonchev–Trinajstić information content (AvgIpc) is 2.61. The van der Waals surface area contributed by atoms with Gasteiger partial charge in [-0.3, -0.25) is 4.79 Å². The van der Waals surface area contributed by atoms with E-state index >= 15 is 0 Å². The van der Waals surface area contributed by atoms with Crippen LogP contribution in [-0.4, -0.2) is 24.0 Å². The highest BCUT2D eigenvalue weighted by molar-refractivity contribution is 5.98. The molecule has 4 N–H and O–H groups in total. The summed E-state index contributed by atoms with van der Waals surface area (Å²) in [6, 6.07) is 12.8. The summed E-state index contributed by atoms with van der Waals surface area (Å²) in [5.41, 5.74) is 7.30. The molecule has 0 fully saturated rings. The minimum Gasteiger partial charge on any atom is -0.449 e. The number of carbonyl (C=O) groups excluding carboxylic acids is 3. The van der Waals surface area contributed by atoms with Crippen LogP contribution in [0.15, 0.2) is 48.5 Å². The fraction of sp³-hybridized carbons (Fsp3) is 0.250. The summed E-state index contributed by atoms with van der Waals surface area (Å²) in [5.74, 6) is -0.870. The number of primary amides is 1. The third kappa shape index (κ3) is 5.57. The largest absolute Gasteiger partial charge is 0.449 e. The van der Waals surface area contributed by atoms with E-state index in [4.69, 9.17) is 10.5 Å². The van der Waals surface area contributed by atoms with Gasteiger partial charge in [0.05, 0.1) is 5.56 Å². The molecule has 0 saturated carbocycles. The van der Waals surface area contributed by atoms with E-state index in [0.29, 0.717) is 11.4 Å². The minimum atomic E-state index is -0.995. The summed E-state index contributed by atoms with van der Waals surface area (Å²) in [5, 5.41) is 5.17. The van der Waals surface area contributed by atoms with E-state index in [2.05, 4.69) is 10.6 Å². The van der Waals surface area contributed by atoms with Crippen molar-refractivity contribution in [3.05, 3.63) is 59.7 Å². The van der Waals surface area contributed by atoms with Gasteiger partial charge in [0.15, 0.2) is 6.10 Å². The molecule has 1 atom stereocenters. The molecule has 2 rings (SSSR count). The first-order valence-corrected chi connectivity index (χ1v) is 8.55. The second-order valence-corrected chi connectivity index (χ2v) is 6.35. The van der Waals surface area contributed by atoms with E-state index in [1.807, 2.05) is 32.0 Å². The molecule has 0 unspecified atom stereocenters. The number of amides is 3. The molecule has 0 aromatic heterocycles. The van der Waals surface area contributed by atoms with E-state index in [1.54, 1.807) is 18.2 Å². The minimum absolute atomic E-state index is 0.198. The van der Waals surface area contributed by atoms with Crippen LogP contribution in [0.4, 0.5) is 16.2 Å². The number of carbonyl (C=O) groups is 3. The number of anilines is 2. The second kappa shape index (κ2) is 8.84. The number of hydrogen-bond acceptors (Lipinski definition) is 4. The Morgan fingerprint density at radius 2 is 1.67 bits per heavy atom. The van der Waals surface area contributed by atoms with Crippen molar-refractivity contribution < 1.29 is 19.1 Å². The van der Waals surface area contributed by atoms with Crippen molar-refractivity contribution in [3.63, 3.8) is 0 Å². The highest BCUT2D eigenvalue weighted by Gasteiger charge is 2.20. The van der Waals surface area contributed by atoms with Gasteiger partial charge in [-0.2, -0.15) is 0 Å². The van der Waals surface area contributed by atoms with Crippen molar-refractivity contribution in [2.24, 2.45) is 5.73 Å². The first-order valence-electron chi connectivity index (χ1n) is 8.55. The van der Waals surface area contributed by atoms with Crippen molar-refractivity contribution in [3.8, 4) is 0 Å². The molecule has 0 heterocycles. The van der Waals surface area contributed by atoms with Gasteiger partial charge in [-0.25, -0.2) is 9.59 Å². The summed E-state index contributed by atoms with van der Waals surface area (Å²) in [6.45, 7) is 5.56. The molecule has 27 heavy (non-hydrogen) atoms. The number of para-hydroxylation sites is 1. The summed E-state index contributed by atoms with van der Waals surface area (Å²) in [7, 11) is 0. The molecule has 7 heteroatoms. The Balaban J connectivity index is 2.04. The van der Waals surface area contributed by atoms with E-state index in [1.165, 1.54) is 19.1 Å². The van der Waals surface area contributed by atoms with Crippen LogP contribution in [0.2, 0.25) is 0 Å². The molecule has 3 amide bonds. The zero-order valence-corrected chi connectivity index (χ0v) is 15.5. The third-order valence-electron chi connectivity index (χ3n) is 3.86. The van der Waals surface area contributed by atoms with Crippen molar-refractivity contribution in [1.82, 2.24) is 0 Å². The predicted octanol–water partition coefficient (Wildman–Crippen LogP) is 3.48. The van der Waals surface area contributed by atoms with Gasteiger partial charge >= 0.3 is 12.0 Å². The predicted molar refractivity (Wildman–Crippen MR) is 104 cm³/mol. The Bertz CT molecular complexity index is 849. The normalized spacial score (nSPS) is 11.6. The molecule has 0 spiro atoms. The SMILES string of the molecule is CC(C)c1ccccc1NC(=O)[C@@H](C)OC(=O)c1cccc(NC(N)=O)c1. The molecule has 0 saturated heterocycles. The standard InChI is InChI=1S/C20H23N3O4/c1-12(2)16-9-4-5-10-17(16)23-18(24)13(3)27-19(25)14-7-6-8-15(11-14)22-20(21)26/h4-13H,1-3H3,(H,23,24)(H3,21,22,26)/t13-/m1/s1. The maximum atomic E-state index is 12.4. The van der Waals surface area contributed by atoms with Gasteiger partial charge < -0.3 is 21.1 Å². The zero-order valence-electron chi connectivity index (χ0n) is 15.5. The van der Waals surface area contributed by atoms with Gasteiger partial charge in [-0.1, -0.05) is 38.1 Å². The van der Waals surface area contributed by atoms with Crippen LogP contribution < -0.4 is 16.4 Å². The quantitative estimate of drug-likeness (QED) is 0.677.